The number of rotatable bonds is 2. The molecule has 0 saturated heterocycles. The molecule has 7 heteroatoms. The van der Waals surface area contributed by atoms with E-state index in [-0.39, 0.29) is 10.6 Å². The van der Waals surface area contributed by atoms with Crippen molar-refractivity contribution in [3.05, 3.63) is 37.3 Å². The Kier molecular flexibility index (Phi) is 3.07. The highest BCUT2D eigenvalue weighted by atomic mass is 79.9. The Morgan fingerprint density at radius 3 is 2.57 bits per heavy atom. The second-order valence-corrected chi connectivity index (χ2v) is 3.67. The molecule has 0 saturated carbocycles. The van der Waals surface area contributed by atoms with Gasteiger partial charge in [0.25, 0.3) is 11.6 Å². The SMILES string of the molecule is NC(=O)c1cc(Br)c(Cl)cc1[N+](=O)[O-]. The van der Waals surface area contributed by atoms with Gasteiger partial charge in [-0.1, -0.05) is 11.6 Å². The van der Waals surface area contributed by atoms with Crippen molar-refractivity contribution in [2.24, 2.45) is 5.73 Å². The first-order valence-electron chi connectivity index (χ1n) is 3.36. The highest BCUT2D eigenvalue weighted by Crippen LogP contribution is 2.30. The monoisotopic (exact) mass is 278 g/mol. The summed E-state index contributed by atoms with van der Waals surface area (Å²) < 4.78 is 0.388. The maximum absolute atomic E-state index is 10.8. The first-order valence-corrected chi connectivity index (χ1v) is 4.54. The fourth-order valence-electron chi connectivity index (χ4n) is 0.885. The van der Waals surface area contributed by atoms with Crippen LogP contribution in [0.3, 0.4) is 0 Å². The van der Waals surface area contributed by atoms with Crippen molar-refractivity contribution in [3.63, 3.8) is 0 Å². The molecule has 0 heterocycles. The Morgan fingerprint density at radius 2 is 2.14 bits per heavy atom. The minimum absolute atomic E-state index is 0.154. The maximum Gasteiger partial charge on any atom is 0.283 e. The molecule has 0 fully saturated rings. The molecule has 1 amide bonds. The Labute approximate surface area is 92.1 Å². The van der Waals surface area contributed by atoms with Gasteiger partial charge in [-0.3, -0.25) is 14.9 Å². The van der Waals surface area contributed by atoms with E-state index in [9.17, 15) is 14.9 Å². The van der Waals surface area contributed by atoms with E-state index in [1.165, 1.54) is 6.07 Å². The van der Waals surface area contributed by atoms with Crippen molar-refractivity contribution in [2.75, 3.05) is 0 Å². The quantitative estimate of drug-likeness (QED) is 0.664. The smallest absolute Gasteiger partial charge is 0.283 e. The minimum atomic E-state index is -0.867. The van der Waals surface area contributed by atoms with Gasteiger partial charge >= 0.3 is 0 Å². The number of nitro benzene ring substituents is 1. The Bertz CT molecular complexity index is 383. The fraction of sp³-hybridized carbons (Fsp3) is 0. The average molecular weight is 279 g/mol. The summed E-state index contributed by atoms with van der Waals surface area (Å²) in [7, 11) is 0. The number of carbonyl (C=O) groups is 1. The molecule has 0 aromatic heterocycles. The molecule has 74 valence electrons. The first kappa shape index (κ1) is 10.9. The van der Waals surface area contributed by atoms with Crippen LogP contribution < -0.4 is 5.73 Å². The van der Waals surface area contributed by atoms with Crippen molar-refractivity contribution in [1.29, 1.82) is 0 Å². The van der Waals surface area contributed by atoms with Gasteiger partial charge in [0.05, 0.1) is 9.95 Å². The summed E-state index contributed by atoms with van der Waals surface area (Å²) in [4.78, 5) is 20.6. The van der Waals surface area contributed by atoms with Crippen molar-refractivity contribution in [3.8, 4) is 0 Å². The number of carbonyl (C=O) groups excluding carboxylic acids is 1. The molecule has 1 rings (SSSR count). The van der Waals surface area contributed by atoms with E-state index in [4.69, 9.17) is 17.3 Å². The van der Waals surface area contributed by atoms with Crippen LogP contribution in [0.5, 0.6) is 0 Å². The maximum atomic E-state index is 10.8. The number of nitro groups is 1. The first-order chi connectivity index (χ1) is 6.43. The summed E-state index contributed by atoms with van der Waals surface area (Å²) in [5, 5.41) is 10.7. The van der Waals surface area contributed by atoms with Gasteiger partial charge in [-0.25, -0.2) is 0 Å². The van der Waals surface area contributed by atoms with Crippen molar-refractivity contribution >= 4 is 39.1 Å². The van der Waals surface area contributed by atoms with Crippen molar-refractivity contribution in [2.45, 2.75) is 0 Å². The van der Waals surface area contributed by atoms with Crippen molar-refractivity contribution < 1.29 is 9.72 Å². The van der Waals surface area contributed by atoms with Crippen LogP contribution >= 0.6 is 27.5 Å². The summed E-state index contributed by atoms with van der Waals surface area (Å²) in [6.45, 7) is 0. The van der Waals surface area contributed by atoms with E-state index in [2.05, 4.69) is 15.9 Å². The lowest BCUT2D eigenvalue weighted by Crippen LogP contribution is -2.13. The second kappa shape index (κ2) is 3.93. The third-order valence-corrected chi connectivity index (χ3v) is 2.70. The van der Waals surface area contributed by atoms with E-state index >= 15 is 0 Å². The van der Waals surface area contributed by atoms with Gasteiger partial charge in [0.1, 0.15) is 5.56 Å². The normalized spacial score (nSPS) is 9.86. The summed E-state index contributed by atoms with van der Waals surface area (Å²) in [5.74, 6) is -0.867. The van der Waals surface area contributed by atoms with E-state index in [0.29, 0.717) is 4.47 Å². The Hall–Kier alpha value is -1.14. The molecular formula is C7H4BrClN2O3. The molecule has 0 atom stereocenters. The van der Waals surface area contributed by atoms with E-state index in [0.717, 1.165) is 6.07 Å². The molecule has 0 bridgehead atoms. The third-order valence-electron chi connectivity index (χ3n) is 1.50. The van der Waals surface area contributed by atoms with Crippen LogP contribution in [0, 0.1) is 10.1 Å². The van der Waals surface area contributed by atoms with Gasteiger partial charge in [0, 0.05) is 10.5 Å². The summed E-state index contributed by atoms with van der Waals surface area (Å²) in [6, 6.07) is 2.30. The van der Waals surface area contributed by atoms with Crippen LogP contribution in [0.2, 0.25) is 5.02 Å². The van der Waals surface area contributed by atoms with Crippen molar-refractivity contribution in [1.82, 2.24) is 0 Å². The zero-order valence-electron chi connectivity index (χ0n) is 6.66. The van der Waals surface area contributed by atoms with Crippen LogP contribution in [0.4, 0.5) is 5.69 Å². The number of hydrogen-bond donors (Lipinski definition) is 1. The largest absolute Gasteiger partial charge is 0.365 e. The third kappa shape index (κ3) is 2.02. The van der Waals surface area contributed by atoms with E-state index in [1.54, 1.807) is 0 Å². The molecular weight excluding hydrogens is 275 g/mol. The second-order valence-electron chi connectivity index (χ2n) is 2.40. The molecule has 1 aromatic carbocycles. The van der Waals surface area contributed by atoms with Crippen LogP contribution in [0.25, 0.3) is 0 Å². The highest BCUT2D eigenvalue weighted by Gasteiger charge is 2.20. The van der Waals surface area contributed by atoms with Gasteiger partial charge in [-0.05, 0) is 22.0 Å². The summed E-state index contributed by atoms with van der Waals surface area (Å²) >= 11 is 8.67. The van der Waals surface area contributed by atoms with Gasteiger partial charge in [0.15, 0.2) is 0 Å². The predicted octanol–water partition coefficient (Wildman–Crippen LogP) is 2.11. The zero-order chi connectivity index (χ0) is 10.9. The highest BCUT2D eigenvalue weighted by molar-refractivity contribution is 9.10. The minimum Gasteiger partial charge on any atom is -0.365 e. The topological polar surface area (TPSA) is 86.2 Å². The zero-order valence-corrected chi connectivity index (χ0v) is 9.00. The number of primary amides is 1. The molecule has 2 N–H and O–H groups in total. The van der Waals surface area contributed by atoms with Gasteiger partial charge in [-0.15, -0.1) is 0 Å². The lowest BCUT2D eigenvalue weighted by molar-refractivity contribution is -0.385. The van der Waals surface area contributed by atoms with E-state index < -0.39 is 16.5 Å². The summed E-state index contributed by atoms with van der Waals surface area (Å²) in [6.07, 6.45) is 0. The van der Waals surface area contributed by atoms with E-state index in [1.807, 2.05) is 0 Å². The van der Waals surface area contributed by atoms with Crippen LogP contribution in [0.1, 0.15) is 10.4 Å². The Balaban J connectivity index is 3.46. The van der Waals surface area contributed by atoms with Crippen LogP contribution in [-0.2, 0) is 0 Å². The fourth-order valence-corrected chi connectivity index (χ4v) is 1.39. The number of benzene rings is 1. The molecule has 0 aliphatic heterocycles. The van der Waals surface area contributed by atoms with Gasteiger partial charge in [-0.2, -0.15) is 0 Å². The van der Waals surface area contributed by atoms with Gasteiger partial charge in [0.2, 0.25) is 0 Å². The standard InChI is InChI=1S/C7H4BrClN2O3/c8-4-1-3(7(10)12)6(11(13)14)2-5(4)9/h1-2H,(H2,10,12). The lowest BCUT2D eigenvalue weighted by atomic mass is 10.2. The number of hydrogen-bond acceptors (Lipinski definition) is 3. The number of halogens is 2. The molecule has 0 spiro atoms. The molecule has 5 nitrogen and oxygen atoms in total. The molecule has 0 aliphatic carbocycles. The molecule has 1 aromatic rings. The van der Waals surface area contributed by atoms with Gasteiger partial charge < -0.3 is 5.73 Å². The number of amides is 1. The molecule has 0 aliphatic rings. The number of nitrogens with two attached hydrogens (primary N) is 1. The molecule has 14 heavy (non-hydrogen) atoms. The Morgan fingerprint density at radius 1 is 1.57 bits per heavy atom. The number of nitrogens with zero attached hydrogens (tertiary/aromatic N) is 1. The molecule has 0 radical (unpaired) electrons. The molecule has 0 unspecified atom stereocenters. The van der Waals surface area contributed by atoms with Crippen LogP contribution in [0.15, 0.2) is 16.6 Å². The van der Waals surface area contributed by atoms with Crippen LogP contribution in [-0.4, -0.2) is 10.8 Å². The lowest BCUT2D eigenvalue weighted by Gasteiger charge is -2.01. The summed E-state index contributed by atoms with van der Waals surface area (Å²) in [5.41, 5.74) is 4.39. The predicted molar refractivity (Wildman–Crippen MR) is 54.3 cm³/mol. The average Bonchev–Trinajstić information content (AvgIpc) is 2.08.